The molecular formula is C16H23NO6. The quantitative estimate of drug-likeness (QED) is 0.747. The van der Waals surface area contributed by atoms with Gasteiger partial charge in [0.2, 0.25) is 0 Å². The number of alkyl carbamates (subject to hydrolysis) is 1. The van der Waals surface area contributed by atoms with E-state index in [0.717, 1.165) is 0 Å². The van der Waals surface area contributed by atoms with Gasteiger partial charge in [-0.05, 0) is 38.5 Å². The molecule has 1 aromatic carbocycles. The van der Waals surface area contributed by atoms with E-state index in [1.54, 1.807) is 52.1 Å². The van der Waals surface area contributed by atoms with Gasteiger partial charge in [-0.25, -0.2) is 9.59 Å². The predicted molar refractivity (Wildman–Crippen MR) is 83.6 cm³/mol. The van der Waals surface area contributed by atoms with Gasteiger partial charge in [0.05, 0.1) is 6.61 Å². The number of carboxylic acid groups (broad SMARTS) is 1. The van der Waals surface area contributed by atoms with Crippen LogP contribution in [0.2, 0.25) is 0 Å². The van der Waals surface area contributed by atoms with Gasteiger partial charge < -0.3 is 24.6 Å². The van der Waals surface area contributed by atoms with Crippen LogP contribution >= 0.6 is 0 Å². The molecule has 0 unspecified atom stereocenters. The molecule has 0 saturated heterocycles. The maximum absolute atomic E-state index is 11.8. The Hall–Kier alpha value is -2.28. The molecular weight excluding hydrogens is 302 g/mol. The number of carboxylic acids is 1. The molecule has 0 aromatic heterocycles. The Morgan fingerprint density at radius 1 is 1.17 bits per heavy atom. The van der Waals surface area contributed by atoms with Crippen molar-refractivity contribution in [3.8, 4) is 5.75 Å². The van der Waals surface area contributed by atoms with E-state index in [1.807, 2.05) is 0 Å². The number of aliphatic carboxylic acids is 1. The fourth-order valence-electron chi connectivity index (χ4n) is 1.71. The third-order valence-corrected chi connectivity index (χ3v) is 2.68. The molecule has 1 amide bonds. The SMILES string of the molecule is COCCOc1ccc([C@@H](NC(=O)OC(C)(C)C)C(=O)O)cc1. The van der Waals surface area contributed by atoms with E-state index in [1.165, 1.54) is 0 Å². The Morgan fingerprint density at radius 2 is 1.78 bits per heavy atom. The molecule has 0 spiro atoms. The van der Waals surface area contributed by atoms with Gasteiger partial charge in [-0.2, -0.15) is 0 Å². The molecule has 2 N–H and O–H groups in total. The van der Waals surface area contributed by atoms with Crippen molar-refractivity contribution in [3.63, 3.8) is 0 Å². The van der Waals surface area contributed by atoms with Crippen molar-refractivity contribution in [2.75, 3.05) is 20.3 Å². The van der Waals surface area contributed by atoms with E-state index in [2.05, 4.69) is 5.32 Å². The van der Waals surface area contributed by atoms with E-state index in [4.69, 9.17) is 14.2 Å². The zero-order chi connectivity index (χ0) is 17.5. The second-order valence-corrected chi connectivity index (χ2v) is 5.83. The zero-order valence-corrected chi connectivity index (χ0v) is 13.8. The maximum Gasteiger partial charge on any atom is 0.408 e. The number of carbonyl (C=O) groups excluding carboxylic acids is 1. The highest BCUT2D eigenvalue weighted by Crippen LogP contribution is 2.19. The summed E-state index contributed by atoms with van der Waals surface area (Å²) in [7, 11) is 1.58. The van der Waals surface area contributed by atoms with Gasteiger partial charge in [-0.3, -0.25) is 0 Å². The van der Waals surface area contributed by atoms with Crippen LogP contribution in [0.3, 0.4) is 0 Å². The monoisotopic (exact) mass is 325 g/mol. The molecule has 1 rings (SSSR count). The van der Waals surface area contributed by atoms with Crippen molar-refractivity contribution in [2.45, 2.75) is 32.4 Å². The minimum atomic E-state index is -1.20. The number of hydrogen-bond donors (Lipinski definition) is 2. The Kier molecular flexibility index (Phi) is 6.84. The molecule has 23 heavy (non-hydrogen) atoms. The van der Waals surface area contributed by atoms with Crippen molar-refractivity contribution >= 4 is 12.1 Å². The smallest absolute Gasteiger partial charge is 0.408 e. The number of benzene rings is 1. The summed E-state index contributed by atoms with van der Waals surface area (Å²) in [6, 6.07) is 5.24. The number of ether oxygens (including phenoxy) is 3. The average molecular weight is 325 g/mol. The molecule has 0 aliphatic rings. The van der Waals surface area contributed by atoms with Crippen molar-refractivity contribution < 1.29 is 28.9 Å². The zero-order valence-electron chi connectivity index (χ0n) is 13.8. The minimum Gasteiger partial charge on any atom is -0.491 e. The van der Waals surface area contributed by atoms with E-state index in [9.17, 15) is 14.7 Å². The van der Waals surface area contributed by atoms with E-state index >= 15 is 0 Å². The topological polar surface area (TPSA) is 94.1 Å². The number of nitrogens with one attached hydrogen (secondary N) is 1. The van der Waals surface area contributed by atoms with Crippen molar-refractivity contribution in [3.05, 3.63) is 29.8 Å². The first kappa shape index (κ1) is 18.8. The average Bonchev–Trinajstić information content (AvgIpc) is 2.44. The van der Waals surface area contributed by atoms with Gasteiger partial charge in [-0.1, -0.05) is 12.1 Å². The summed E-state index contributed by atoms with van der Waals surface area (Å²) < 4.78 is 15.4. The number of methoxy groups -OCH3 is 1. The Bertz CT molecular complexity index is 520. The number of hydrogen-bond acceptors (Lipinski definition) is 5. The van der Waals surface area contributed by atoms with Gasteiger partial charge >= 0.3 is 12.1 Å². The van der Waals surface area contributed by atoms with Crippen LogP contribution in [0.5, 0.6) is 5.75 Å². The van der Waals surface area contributed by atoms with Crippen LogP contribution in [0.4, 0.5) is 4.79 Å². The van der Waals surface area contributed by atoms with Crippen molar-refractivity contribution in [1.82, 2.24) is 5.32 Å². The molecule has 1 aromatic rings. The summed E-state index contributed by atoms with van der Waals surface area (Å²) in [6.45, 7) is 5.96. The van der Waals surface area contributed by atoms with Crippen LogP contribution in [0.15, 0.2) is 24.3 Å². The van der Waals surface area contributed by atoms with Gasteiger partial charge in [0.15, 0.2) is 6.04 Å². The first-order valence-electron chi connectivity index (χ1n) is 7.17. The lowest BCUT2D eigenvalue weighted by atomic mass is 10.1. The Labute approximate surface area is 135 Å². The molecule has 0 radical (unpaired) electrons. The summed E-state index contributed by atoms with van der Waals surface area (Å²) in [5, 5.41) is 11.6. The lowest BCUT2D eigenvalue weighted by Crippen LogP contribution is -2.38. The van der Waals surface area contributed by atoms with Crippen molar-refractivity contribution in [1.29, 1.82) is 0 Å². The van der Waals surface area contributed by atoms with E-state index < -0.39 is 23.7 Å². The van der Waals surface area contributed by atoms with Crippen LogP contribution < -0.4 is 10.1 Å². The predicted octanol–water partition coefficient (Wildman–Crippen LogP) is 2.36. The molecule has 7 heteroatoms. The fourth-order valence-corrected chi connectivity index (χ4v) is 1.71. The molecule has 0 heterocycles. The second kappa shape index (κ2) is 8.38. The van der Waals surface area contributed by atoms with Crippen LogP contribution in [0.1, 0.15) is 32.4 Å². The van der Waals surface area contributed by atoms with Crippen LogP contribution in [-0.2, 0) is 14.3 Å². The fraction of sp³-hybridized carbons (Fsp3) is 0.500. The molecule has 1 atom stereocenters. The molecule has 0 aliphatic carbocycles. The molecule has 0 fully saturated rings. The minimum absolute atomic E-state index is 0.397. The third kappa shape index (κ3) is 7.01. The van der Waals surface area contributed by atoms with Crippen LogP contribution in [0.25, 0.3) is 0 Å². The van der Waals surface area contributed by atoms with Gasteiger partial charge in [-0.15, -0.1) is 0 Å². The lowest BCUT2D eigenvalue weighted by Gasteiger charge is -2.22. The third-order valence-electron chi connectivity index (χ3n) is 2.68. The van der Waals surface area contributed by atoms with E-state index in [-0.39, 0.29) is 0 Å². The number of amides is 1. The normalized spacial score (nSPS) is 12.3. The summed E-state index contributed by atoms with van der Waals surface area (Å²) in [5.41, 5.74) is -0.283. The lowest BCUT2D eigenvalue weighted by molar-refractivity contribution is -0.139. The molecule has 0 saturated carbocycles. The molecule has 128 valence electrons. The van der Waals surface area contributed by atoms with E-state index in [0.29, 0.717) is 24.5 Å². The van der Waals surface area contributed by atoms with Gasteiger partial charge in [0.25, 0.3) is 0 Å². The molecule has 0 bridgehead atoms. The summed E-state index contributed by atoms with van der Waals surface area (Å²) in [4.78, 5) is 23.1. The second-order valence-electron chi connectivity index (χ2n) is 5.83. The highest BCUT2D eigenvalue weighted by atomic mass is 16.6. The Balaban J connectivity index is 2.74. The van der Waals surface area contributed by atoms with Gasteiger partial charge in [0.1, 0.15) is 18.0 Å². The Morgan fingerprint density at radius 3 is 2.26 bits per heavy atom. The summed E-state index contributed by atoms with van der Waals surface area (Å²) in [5.74, 6) is -0.587. The van der Waals surface area contributed by atoms with Crippen molar-refractivity contribution in [2.24, 2.45) is 0 Å². The summed E-state index contributed by atoms with van der Waals surface area (Å²) in [6.07, 6.45) is -0.787. The highest BCUT2D eigenvalue weighted by molar-refractivity contribution is 5.81. The maximum atomic E-state index is 11.8. The molecule has 0 aliphatic heterocycles. The first-order chi connectivity index (χ1) is 10.7. The standard InChI is InChI=1S/C16H23NO6/c1-16(2,3)23-15(20)17-13(14(18)19)11-5-7-12(8-6-11)22-10-9-21-4/h5-8,13H,9-10H2,1-4H3,(H,17,20)(H,18,19)/t13-/m1/s1. The summed E-state index contributed by atoms with van der Waals surface area (Å²) >= 11 is 0. The molecule has 7 nitrogen and oxygen atoms in total. The van der Waals surface area contributed by atoms with Gasteiger partial charge in [0, 0.05) is 7.11 Å². The van der Waals surface area contributed by atoms with Crippen LogP contribution in [0, 0.1) is 0 Å². The highest BCUT2D eigenvalue weighted by Gasteiger charge is 2.25. The largest absolute Gasteiger partial charge is 0.491 e. The first-order valence-corrected chi connectivity index (χ1v) is 7.17. The number of carbonyl (C=O) groups is 2. The number of rotatable bonds is 7. The van der Waals surface area contributed by atoms with Crippen LogP contribution in [-0.4, -0.2) is 43.1 Å².